The van der Waals surface area contributed by atoms with E-state index in [1.807, 2.05) is 24.3 Å². The molecule has 1 aliphatic rings. The van der Waals surface area contributed by atoms with Crippen LogP contribution in [0.1, 0.15) is 5.56 Å². The van der Waals surface area contributed by atoms with Crippen LogP contribution in [-0.4, -0.2) is 20.4 Å². The first-order valence-corrected chi connectivity index (χ1v) is 8.81. The maximum atomic E-state index is 12.6. The monoisotopic (exact) mass is 455 g/mol. The highest BCUT2D eigenvalue weighted by atomic mass is 127. The Labute approximate surface area is 156 Å². The first-order valence-electron chi connectivity index (χ1n) is 6.51. The van der Waals surface area contributed by atoms with Gasteiger partial charge in [-0.3, -0.25) is 9.69 Å². The SMILES string of the molecule is O=C1/C(=C\c2ccc(O)cc2O)SC(=S)N1c1ccc(I)cc1. The maximum Gasteiger partial charge on any atom is 0.270 e. The van der Waals surface area contributed by atoms with Gasteiger partial charge in [-0.1, -0.05) is 24.0 Å². The first-order chi connectivity index (χ1) is 11.0. The first kappa shape index (κ1) is 16.3. The number of halogens is 1. The summed E-state index contributed by atoms with van der Waals surface area (Å²) in [7, 11) is 0. The lowest BCUT2D eigenvalue weighted by atomic mass is 10.1. The van der Waals surface area contributed by atoms with Crippen molar-refractivity contribution in [2.75, 3.05) is 4.90 Å². The van der Waals surface area contributed by atoms with Crippen LogP contribution in [0, 0.1) is 3.57 Å². The number of hydrogen-bond donors (Lipinski definition) is 2. The Bertz CT molecular complexity index is 834. The summed E-state index contributed by atoms with van der Waals surface area (Å²) in [5.41, 5.74) is 1.16. The molecule has 1 heterocycles. The second-order valence-electron chi connectivity index (χ2n) is 4.74. The second kappa shape index (κ2) is 6.50. The number of carbonyl (C=O) groups excluding carboxylic acids is 1. The van der Waals surface area contributed by atoms with E-state index < -0.39 is 0 Å². The third-order valence-corrected chi connectivity index (χ3v) is 5.20. The van der Waals surface area contributed by atoms with Gasteiger partial charge in [0.05, 0.1) is 10.6 Å². The molecule has 1 amide bonds. The zero-order chi connectivity index (χ0) is 16.6. The van der Waals surface area contributed by atoms with Crippen molar-refractivity contribution < 1.29 is 15.0 Å². The van der Waals surface area contributed by atoms with Crippen LogP contribution < -0.4 is 4.90 Å². The summed E-state index contributed by atoms with van der Waals surface area (Å²) in [4.78, 5) is 14.5. The van der Waals surface area contributed by atoms with E-state index in [-0.39, 0.29) is 17.4 Å². The molecule has 2 N–H and O–H groups in total. The predicted octanol–water partition coefficient (Wildman–Crippen LogP) is 4.11. The fourth-order valence-electron chi connectivity index (χ4n) is 2.08. The van der Waals surface area contributed by atoms with Crippen molar-refractivity contribution in [1.82, 2.24) is 0 Å². The summed E-state index contributed by atoms with van der Waals surface area (Å²) >= 11 is 8.68. The number of carbonyl (C=O) groups is 1. The van der Waals surface area contributed by atoms with Crippen molar-refractivity contribution in [2.24, 2.45) is 0 Å². The van der Waals surface area contributed by atoms with Gasteiger partial charge in [0.2, 0.25) is 0 Å². The van der Waals surface area contributed by atoms with E-state index in [1.54, 1.807) is 12.1 Å². The van der Waals surface area contributed by atoms with Crippen molar-refractivity contribution in [3.8, 4) is 11.5 Å². The number of rotatable bonds is 2. The highest BCUT2D eigenvalue weighted by molar-refractivity contribution is 14.1. The third kappa shape index (κ3) is 3.36. The van der Waals surface area contributed by atoms with Gasteiger partial charge in [-0.2, -0.15) is 0 Å². The van der Waals surface area contributed by atoms with Crippen LogP contribution in [-0.2, 0) is 4.79 Å². The van der Waals surface area contributed by atoms with Crippen molar-refractivity contribution in [1.29, 1.82) is 0 Å². The molecule has 2 aromatic carbocycles. The van der Waals surface area contributed by atoms with E-state index in [9.17, 15) is 15.0 Å². The molecule has 0 aromatic heterocycles. The Morgan fingerprint density at radius 2 is 1.83 bits per heavy atom. The lowest BCUT2D eigenvalue weighted by Gasteiger charge is -2.14. The molecule has 116 valence electrons. The van der Waals surface area contributed by atoms with Gasteiger partial charge >= 0.3 is 0 Å². The molecular weight excluding hydrogens is 445 g/mol. The Morgan fingerprint density at radius 1 is 1.13 bits per heavy atom. The topological polar surface area (TPSA) is 60.8 Å². The molecule has 0 unspecified atom stereocenters. The number of phenolic OH excluding ortho intramolecular Hbond substituents is 2. The molecule has 0 bridgehead atoms. The quantitative estimate of drug-likeness (QED) is 0.406. The van der Waals surface area contributed by atoms with Crippen molar-refractivity contribution >= 4 is 68.6 Å². The molecule has 1 aliphatic heterocycles. The van der Waals surface area contributed by atoms with Crippen molar-refractivity contribution in [3.63, 3.8) is 0 Å². The lowest BCUT2D eigenvalue weighted by molar-refractivity contribution is -0.113. The van der Waals surface area contributed by atoms with E-state index in [2.05, 4.69) is 22.6 Å². The molecule has 1 saturated heterocycles. The fraction of sp³-hybridized carbons (Fsp3) is 0. The number of amides is 1. The largest absolute Gasteiger partial charge is 0.508 e. The zero-order valence-corrected chi connectivity index (χ0v) is 15.4. The summed E-state index contributed by atoms with van der Waals surface area (Å²) < 4.78 is 1.52. The lowest BCUT2D eigenvalue weighted by Crippen LogP contribution is -2.27. The van der Waals surface area contributed by atoms with Crippen LogP contribution in [0.5, 0.6) is 11.5 Å². The van der Waals surface area contributed by atoms with Crippen LogP contribution >= 0.6 is 46.6 Å². The molecule has 2 aromatic rings. The standard InChI is InChI=1S/C16H10INO3S2/c17-10-2-4-11(5-3-10)18-15(21)14(23-16(18)22)7-9-1-6-12(19)8-13(9)20/h1-8,19-20H/b14-7+. The minimum atomic E-state index is -0.228. The van der Waals surface area contributed by atoms with Crippen molar-refractivity contribution in [2.45, 2.75) is 0 Å². The molecule has 0 saturated carbocycles. The summed E-state index contributed by atoms with van der Waals surface area (Å²) in [5, 5.41) is 19.2. The van der Waals surface area contributed by atoms with Crippen LogP contribution in [0.25, 0.3) is 6.08 Å². The number of benzene rings is 2. The average molecular weight is 455 g/mol. The average Bonchev–Trinajstić information content (AvgIpc) is 2.78. The Hall–Kier alpha value is -1.58. The minimum Gasteiger partial charge on any atom is -0.508 e. The Kier molecular flexibility index (Phi) is 4.60. The van der Waals surface area contributed by atoms with Gasteiger partial charge in [0.25, 0.3) is 5.91 Å². The Morgan fingerprint density at radius 3 is 2.48 bits per heavy atom. The highest BCUT2D eigenvalue weighted by Crippen LogP contribution is 2.37. The molecule has 1 fully saturated rings. The number of thiocarbonyl (C=S) groups is 1. The smallest absolute Gasteiger partial charge is 0.270 e. The van der Waals surface area contributed by atoms with Gasteiger partial charge in [-0.15, -0.1) is 0 Å². The minimum absolute atomic E-state index is 0.0360. The number of aromatic hydroxyl groups is 2. The van der Waals surface area contributed by atoms with Gasteiger partial charge in [0.1, 0.15) is 11.5 Å². The van der Waals surface area contributed by atoms with E-state index >= 15 is 0 Å². The number of anilines is 1. The third-order valence-electron chi connectivity index (χ3n) is 3.18. The van der Waals surface area contributed by atoms with Crippen LogP contribution in [0.2, 0.25) is 0 Å². The molecule has 7 heteroatoms. The molecular formula is C16H10INO3S2. The van der Waals surface area contributed by atoms with Crippen LogP contribution in [0.4, 0.5) is 5.69 Å². The summed E-state index contributed by atoms with van der Waals surface area (Å²) in [6, 6.07) is 11.7. The van der Waals surface area contributed by atoms with Crippen LogP contribution in [0.3, 0.4) is 0 Å². The molecule has 23 heavy (non-hydrogen) atoms. The van der Waals surface area contributed by atoms with E-state index in [0.717, 1.165) is 3.57 Å². The van der Waals surface area contributed by atoms with Gasteiger partial charge in [-0.05, 0) is 65.1 Å². The Balaban J connectivity index is 1.94. The van der Waals surface area contributed by atoms with E-state index in [1.165, 1.54) is 28.8 Å². The van der Waals surface area contributed by atoms with E-state index in [4.69, 9.17) is 12.2 Å². The number of nitrogens with zero attached hydrogens (tertiary/aromatic N) is 1. The van der Waals surface area contributed by atoms with Crippen molar-refractivity contribution in [3.05, 3.63) is 56.5 Å². The highest BCUT2D eigenvalue weighted by Gasteiger charge is 2.33. The second-order valence-corrected chi connectivity index (χ2v) is 7.66. The van der Waals surface area contributed by atoms with Gasteiger partial charge in [0.15, 0.2) is 4.32 Å². The van der Waals surface area contributed by atoms with Gasteiger partial charge in [-0.25, -0.2) is 0 Å². The number of hydrogen-bond acceptors (Lipinski definition) is 5. The molecule has 4 nitrogen and oxygen atoms in total. The van der Waals surface area contributed by atoms with Gasteiger partial charge in [0, 0.05) is 15.2 Å². The molecule has 0 spiro atoms. The summed E-state index contributed by atoms with van der Waals surface area (Å²) in [5.74, 6) is -0.357. The van der Waals surface area contributed by atoms with Gasteiger partial charge < -0.3 is 10.2 Å². The summed E-state index contributed by atoms with van der Waals surface area (Å²) in [6.07, 6.45) is 1.57. The predicted molar refractivity (Wildman–Crippen MR) is 105 cm³/mol. The normalized spacial score (nSPS) is 16.4. The fourth-order valence-corrected chi connectivity index (χ4v) is 3.73. The number of thioether (sulfide) groups is 1. The molecule has 0 radical (unpaired) electrons. The molecule has 0 aliphatic carbocycles. The molecule has 3 rings (SSSR count). The number of phenols is 2. The molecule has 0 atom stereocenters. The van der Waals surface area contributed by atoms with Crippen LogP contribution in [0.15, 0.2) is 47.4 Å². The zero-order valence-electron chi connectivity index (χ0n) is 11.6. The summed E-state index contributed by atoms with van der Waals surface area (Å²) in [6.45, 7) is 0. The maximum absolute atomic E-state index is 12.6. The van der Waals surface area contributed by atoms with E-state index in [0.29, 0.717) is 20.5 Å².